The van der Waals surface area contributed by atoms with Crippen molar-refractivity contribution < 1.29 is 0 Å². The third-order valence-corrected chi connectivity index (χ3v) is 3.67. The van der Waals surface area contributed by atoms with Crippen molar-refractivity contribution in [1.29, 1.82) is 0 Å². The Kier molecular flexibility index (Phi) is 3.20. The number of aromatic nitrogens is 6. The molecule has 0 aliphatic carbocycles. The fourth-order valence-corrected chi connectivity index (χ4v) is 2.46. The van der Waals surface area contributed by atoms with Gasteiger partial charge in [-0.15, -0.1) is 0 Å². The van der Waals surface area contributed by atoms with E-state index in [2.05, 4.69) is 49.8 Å². The lowest BCUT2D eigenvalue weighted by Crippen LogP contribution is -1.88. The van der Waals surface area contributed by atoms with Crippen molar-refractivity contribution in [2.24, 2.45) is 7.05 Å². The molecule has 6 nitrogen and oxygen atoms in total. The lowest BCUT2D eigenvalue weighted by molar-refractivity contribution is 0.768. The van der Waals surface area contributed by atoms with Gasteiger partial charge in [0.25, 0.3) is 0 Å². The van der Waals surface area contributed by atoms with E-state index >= 15 is 0 Å². The van der Waals surface area contributed by atoms with Crippen LogP contribution in [0, 0.1) is 0 Å². The van der Waals surface area contributed by atoms with E-state index in [4.69, 9.17) is 0 Å². The Morgan fingerprint density at radius 3 is 1.96 bits per heavy atom. The molecule has 2 aromatic carbocycles. The topological polar surface area (TPSA) is 72.3 Å². The second-order valence-electron chi connectivity index (χ2n) is 5.25. The molecule has 0 spiro atoms. The number of aromatic amines is 1. The summed E-state index contributed by atoms with van der Waals surface area (Å²) in [6.07, 6.45) is 3.41. The molecule has 4 aromatic rings. The molecule has 0 amide bonds. The highest BCUT2D eigenvalue weighted by Crippen LogP contribution is 2.25. The summed E-state index contributed by atoms with van der Waals surface area (Å²) in [7, 11) is 1.86. The molecule has 23 heavy (non-hydrogen) atoms. The van der Waals surface area contributed by atoms with Gasteiger partial charge in [-0.05, 0) is 11.1 Å². The summed E-state index contributed by atoms with van der Waals surface area (Å²) in [5, 5.41) is 14.9. The molecule has 112 valence electrons. The summed E-state index contributed by atoms with van der Waals surface area (Å²) in [4.78, 5) is 4.26. The van der Waals surface area contributed by atoms with Gasteiger partial charge in [0.05, 0.1) is 6.20 Å². The van der Waals surface area contributed by atoms with Crippen LogP contribution in [-0.4, -0.2) is 30.2 Å². The monoisotopic (exact) mass is 302 g/mol. The fraction of sp³-hybridized carbons (Fsp3) is 0.0588. The lowest BCUT2D eigenvalue weighted by atomic mass is 10.0. The number of hydrogen-bond acceptors (Lipinski definition) is 4. The molecule has 2 aromatic heterocycles. The Balaban J connectivity index is 1.60. The molecule has 0 unspecified atom stereocenters. The highest BCUT2D eigenvalue weighted by Gasteiger charge is 2.05. The van der Waals surface area contributed by atoms with E-state index < -0.39 is 0 Å². The van der Waals surface area contributed by atoms with Crippen LogP contribution in [-0.2, 0) is 7.05 Å². The van der Waals surface area contributed by atoms with Gasteiger partial charge in [0.2, 0.25) is 0 Å². The summed E-state index contributed by atoms with van der Waals surface area (Å²) < 4.78 is 1.70. The number of H-pyrrole nitrogens is 1. The Hall–Kier alpha value is -3.28. The Morgan fingerprint density at radius 2 is 1.43 bits per heavy atom. The Morgan fingerprint density at radius 1 is 0.826 bits per heavy atom. The van der Waals surface area contributed by atoms with E-state index in [1.54, 1.807) is 17.2 Å². The van der Waals surface area contributed by atoms with Crippen molar-refractivity contribution in [1.82, 2.24) is 30.2 Å². The van der Waals surface area contributed by atoms with Crippen LogP contribution < -0.4 is 0 Å². The van der Waals surface area contributed by atoms with E-state index in [1.807, 2.05) is 31.3 Å². The first-order chi connectivity index (χ1) is 11.3. The first-order valence-corrected chi connectivity index (χ1v) is 7.22. The van der Waals surface area contributed by atoms with Crippen LogP contribution in [0.25, 0.3) is 33.8 Å². The summed E-state index contributed by atoms with van der Waals surface area (Å²) >= 11 is 0. The molecule has 1 N–H and O–H groups in total. The third-order valence-electron chi connectivity index (χ3n) is 3.67. The normalized spacial score (nSPS) is 10.8. The van der Waals surface area contributed by atoms with Gasteiger partial charge in [-0.2, -0.15) is 20.5 Å². The molecule has 0 bridgehead atoms. The van der Waals surface area contributed by atoms with Crippen molar-refractivity contribution in [2.75, 3.05) is 0 Å². The number of nitrogens with zero attached hydrogens (tertiary/aromatic N) is 5. The number of benzene rings is 2. The Labute approximate surface area is 132 Å². The Bertz CT molecular complexity index is 905. The van der Waals surface area contributed by atoms with Crippen molar-refractivity contribution in [3.8, 4) is 33.8 Å². The standard InChI is InChI=1S/C17H14N6/c1-23-11-18-17(21-23)15-8-4-13(5-9-15)12-2-6-14(7-3-12)16-10-19-22-20-16/h2-11H,1H3,(H,19,20,22). The van der Waals surface area contributed by atoms with Crippen LogP contribution in [0.4, 0.5) is 0 Å². The fourth-order valence-electron chi connectivity index (χ4n) is 2.46. The van der Waals surface area contributed by atoms with Gasteiger partial charge >= 0.3 is 0 Å². The molecule has 0 aliphatic rings. The zero-order valence-electron chi connectivity index (χ0n) is 12.5. The molecule has 2 heterocycles. The van der Waals surface area contributed by atoms with Crippen LogP contribution in [0.1, 0.15) is 0 Å². The molecule has 0 atom stereocenters. The lowest BCUT2D eigenvalue weighted by Gasteiger charge is -2.04. The van der Waals surface area contributed by atoms with E-state index in [1.165, 1.54) is 0 Å². The molecule has 6 heteroatoms. The maximum atomic E-state index is 4.31. The van der Waals surface area contributed by atoms with Gasteiger partial charge in [0, 0.05) is 18.2 Å². The van der Waals surface area contributed by atoms with Crippen LogP contribution in [0.2, 0.25) is 0 Å². The maximum absolute atomic E-state index is 4.31. The van der Waals surface area contributed by atoms with Crippen molar-refractivity contribution in [2.45, 2.75) is 0 Å². The smallest absolute Gasteiger partial charge is 0.181 e. The predicted molar refractivity (Wildman–Crippen MR) is 87.3 cm³/mol. The first kappa shape index (κ1) is 13.4. The molecule has 0 saturated carbocycles. The predicted octanol–water partition coefficient (Wildman–Crippen LogP) is 2.93. The average Bonchev–Trinajstić information content (AvgIpc) is 3.27. The van der Waals surface area contributed by atoms with Gasteiger partial charge in [-0.1, -0.05) is 48.5 Å². The summed E-state index contributed by atoms with van der Waals surface area (Å²) in [5.74, 6) is 0.737. The van der Waals surface area contributed by atoms with Gasteiger partial charge in [-0.25, -0.2) is 4.98 Å². The van der Waals surface area contributed by atoms with Crippen molar-refractivity contribution in [3.05, 3.63) is 61.1 Å². The van der Waals surface area contributed by atoms with Crippen LogP contribution in [0.5, 0.6) is 0 Å². The van der Waals surface area contributed by atoms with Gasteiger partial charge in [0.15, 0.2) is 5.82 Å². The molecule has 0 saturated heterocycles. The highest BCUT2D eigenvalue weighted by atomic mass is 15.3. The number of nitrogens with one attached hydrogen (secondary N) is 1. The van der Waals surface area contributed by atoms with Gasteiger partial charge in [-0.3, -0.25) is 4.68 Å². The number of aryl methyl sites for hydroxylation is 1. The average molecular weight is 302 g/mol. The molecule has 0 fully saturated rings. The minimum atomic E-state index is 0.737. The third kappa shape index (κ3) is 2.62. The summed E-state index contributed by atoms with van der Waals surface area (Å²) in [5.41, 5.74) is 5.19. The second-order valence-corrected chi connectivity index (χ2v) is 5.25. The van der Waals surface area contributed by atoms with E-state index in [9.17, 15) is 0 Å². The largest absolute Gasteiger partial charge is 0.255 e. The minimum absolute atomic E-state index is 0.737. The summed E-state index contributed by atoms with van der Waals surface area (Å²) in [6, 6.07) is 16.5. The van der Waals surface area contributed by atoms with Crippen LogP contribution in [0.15, 0.2) is 61.1 Å². The number of hydrogen-bond donors (Lipinski definition) is 1. The van der Waals surface area contributed by atoms with Crippen molar-refractivity contribution >= 4 is 0 Å². The second kappa shape index (κ2) is 5.49. The molecule has 0 radical (unpaired) electrons. The van der Waals surface area contributed by atoms with Crippen LogP contribution >= 0.6 is 0 Å². The maximum Gasteiger partial charge on any atom is 0.181 e. The van der Waals surface area contributed by atoms with Gasteiger partial charge < -0.3 is 0 Å². The summed E-state index contributed by atoms with van der Waals surface area (Å²) in [6.45, 7) is 0. The SMILES string of the molecule is Cn1cnc(-c2ccc(-c3ccc(-c4cn[nH]n4)cc3)cc2)n1. The highest BCUT2D eigenvalue weighted by molar-refractivity contribution is 5.70. The van der Waals surface area contributed by atoms with E-state index in [-0.39, 0.29) is 0 Å². The van der Waals surface area contributed by atoms with Crippen LogP contribution in [0.3, 0.4) is 0 Å². The quantitative estimate of drug-likeness (QED) is 0.631. The minimum Gasteiger partial charge on any atom is -0.255 e. The molecule has 0 aliphatic heterocycles. The van der Waals surface area contributed by atoms with E-state index in [0.717, 1.165) is 33.8 Å². The van der Waals surface area contributed by atoms with Gasteiger partial charge in [0.1, 0.15) is 12.0 Å². The van der Waals surface area contributed by atoms with E-state index in [0.29, 0.717) is 0 Å². The van der Waals surface area contributed by atoms with Crippen molar-refractivity contribution in [3.63, 3.8) is 0 Å². The molecule has 4 rings (SSSR count). The zero-order valence-corrected chi connectivity index (χ0v) is 12.5. The zero-order chi connectivity index (χ0) is 15.6. The molecular formula is C17H14N6. The molecular weight excluding hydrogens is 288 g/mol. The number of rotatable bonds is 3. The first-order valence-electron chi connectivity index (χ1n) is 7.22.